The number of esters is 1. The maximum Gasteiger partial charge on any atom is 0.373 e. The Balaban J connectivity index is 1.83. The van der Waals surface area contributed by atoms with Gasteiger partial charge in [-0.25, -0.2) is 9.59 Å². The zero-order valence-corrected chi connectivity index (χ0v) is 19.2. The molecule has 1 unspecified atom stereocenters. The third kappa shape index (κ3) is 8.67. The predicted octanol–water partition coefficient (Wildman–Crippen LogP) is 6.32. The van der Waals surface area contributed by atoms with Gasteiger partial charge in [0, 0.05) is 6.08 Å². The van der Waals surface area contributed by atoms with E-state index in [9.17, 15) is 9.59 Å². The second-order valence-electron chi connectivity index (χ2n) is 7.93. The van der Waals surface area contributed by atoms with Gasteiger partial charge in [0.2, 0.25) is 0 Å². The lowest BCUT2D eigenvalue weighted by molar-refractivity contribution is -0.241. The first-order chi connectivity index (χ1) is 15.5. The van der Waals surface area contributed by atoms with Crippen LogP contribution in [-0.4, -0.2) is 25.2 Å². The molecule has 0 N–H and O–H groups in total. The maximum absolute atomic E-state index is 12.5. The Morgan fingerprint density at radius 2 is 1.72 bits per heavy atom. The molecule has 2 aromatic carbocycles. The fourth-order valence-electron chi connectivity index (χ4n) is 3.30. The highest BCUT2D eigenvalue weighted by Crippen LogP contribution is 2.28. The van der Waals surface area contributed by atoms with Gasteiger partial charge in [-0.05, 0) is 60.4 Å². The molecule has 32 heavy (non-hydrogen) atoms. The Morgan fingerprint density at radius 3 is 2.41 bits per heavy atom. The monoisotopic (exact) mass is 438 g/mol. The second-order valence-corrected chi connectivity index (χ2v) is 7.93. The third-order valence-corrected chi connectivity index (χ3v) is 5.36. The lowest BCUT2D eigenvalue weighted by atomic mass is 9.90. The van der Waals surface area contributed by atoms with Crippen LogP contribution in [0, 0.1) is 5.92 Å². The molecule has 0 aliphatic heterocycles. The van der Waals surface area contributed by atoms with Crippen LogP contribution in [-0.2, 0) is 25.7 Å². The molecule has 0 aliphatic rings. The van der Waals surface area contributed by atoms with Crippen LogP contribution in [0.5, 0.6) is 0 Å². The van der Waals surface area contributed by atoms with E-state index in [1.165, 1.54) is 0 Å². The van der Waals surface area contributed by atoms with Crippen LogP contribution in [0.25, 0.3) is 11.1 Å². The number of benzene rings is 2. The maximum atomic E-state index is 12.5. The lowest BCUT2D eigenvalue weighted by Gasteiger charge is -2.15. The summed E-state index contributed by atoms with van der Waals surface area (Å²) in [6, 6.07) is 15.9. The summed E-state index contributed by atoms with van der Waals surface area (Å²) in [6.45, 7) is 8.46. The largest absolute Gasteiger partial charge is 0.463 e. The van der Waals surface area contributed by atoms with E-state index in [0.29, 0.717) is 24.7 Å². The van der Waals surface area contributed by atoms with Crippen molar-refractivity contribution in [1.29, 1.82) is 0 Å². The zero-order valence-electron chi connectivity index (χ0n) is 19.2. The van der Waals surface area contributed by atoms with Crippen LogP contribution in [0.4, 0.5) is 0 Å². The van der Waals surface area contributed by atoms with Crippen molar-refractivity contribution in [3.8, 4) is 11.1 Å². The van der Waals surface area contributed by atoms with Crippen molar-refractivity contribution in [1.82, 2.24) is 0 Å². The highest BCUT2D eigenvalue weighted by Gasteiger charge is 2.14. The molecular formula is C27H34O5. The van der Waals surface area contributed by atoms with E-state index in [-0.39, 0.29) is 0 Å². The summed E-state index contributed by atoms with van der Waals surface area (Å²) in [7, 11) is 0. The quantitative estimate of drug-likeness (QED) is 0.114. The predicted molar refractivity (Wildman–Crippen MR) is 126 cm³/mol. The van der Waals surface area contributed by atoms with Gasteiger partial charge in [-0.2, -0.15) is 4.89 Å². The molecule has 0 bridgehead atoms. The van der Waals surface area contributed by atoms with Crippen molar-refractivity contribution >= 4 is 11.9 Å². The molecule has 0 saturated carbocycles. The number of hydrogen-bond acceptors (Lipinski definition) is 5. The highest BCUT2D eigenvalue weighted by molar-refractivity contribution is 5.90. The molecule has 5 nitrogen and oxygen atoms in total. The van der Waals surface area contributed by atoms with Crippen LogP contribution < -0.4 is 0 Å². The van der Waals surface area contributed by atoms with Gasteiger partial charge in [0.15, 0.2) is 0 Å². The molecule has 2 rings (SSSR count). The summed E-state index contributed by atoms with van der Waals surface area (Å²) in [5, 5.41) is 0. The minimum atomic E-state index is -0.480. The zero-order chi connectivity index (χ0) is 23.2. The number of hydrogen-bond donors (Lipinski definition) is 0. The minimum Gasteiger partial charge on any atom is -0.463 e. The number of ether oxygens (including phenoxy) is 1. The molecule has 0 aromatic heterocycles. The van der Waals surface area contributed by atoms with E-state index in [0.717, 1.165) is 61.3 Å². The number of carbonyl (C=O) groups is 2. The SMILES string of the molecule is C=CC(=O)OCCCCCCOOC(=O)c1ccc(-c2ccccc2)c(CC(C)CC)c1. The topological polar surface area (TPSA) is 61.8 Å². The summed E-state index contributed by atoms with van der Waals surface area (Å²) in [5.41, 5.74) is 3.91. The molecule has 172 valence electrons. The standard InChI is InChI=1S/C27H34O5/c1-4-21(3)19-24-20-23(15-16-25(24)22-13-9-8-10-14-22)27(29)32-31-18-12-7-6-11-17-30-26(28)5-2/h5,8-10,13-16,20-21H,2,4,6-7,11-12,17-19H2,1,3H3. The fraction of sp³-hybridized carbons (Fsp3) is 0.407. The highest BCUT2D eigenvalue weighted by atomic mass is 17.2. The molecule has 0 spiro atoms. The van der Waals surface area contributed by atoms with Gasteiger partial charge in [-0.3, -0.25) is 4.89 Å². The molecule has 5 heteroatoms. The van der Waals surface area contributed by atoms with Gasteiger partial charge >= 0.3 is 11.9 Å². The Morgan fingerprint density at radius 1 is 1.00 bits per heavy atom. The number of unbranched alkanes of at least 4 members (excludes halogenated alkanes) is 3. The molecule has 0 fully saturated rings. The molecule has 0 aliphatic carbocycles. The van der Waals surface area contributed by atoms with E-state index in [1.807, 2.05) is 30.3 Å². The van der Waals surface area contributed by atoms with Crippen molar-refractivity contribution in [3.63, 3.8) is 0 Å². The average molecular weight is 439 g/mol. The molecule has 1 atom stereocenters. The summed E-state index contributed by atoms with van der Waals surface area (Å²) in [6.07, 6.45) is 6.47. The summed E-state index contributed by atoms with van der Waals surface area (Å²) >= 11 is 0. The van der Waals surface area contributed by atoms with Gasteiger partial charge in [-0.1, -0.05) is 69.7 Å². The Bertz CT molecular complexity index is 860. The van der Waals surface area contributed by atoms with Crippen molar-refractivity contribution < 1.29 is 24.1 Å². The Hall–Kier alpha value is -2.92. The van der Waals surface area contributed by atoms with Crippen molar-refractivity contribution in [2.24, 2.45) is 5.92 Å². The summed E-state index contributed by atoms with van der Waals surface area (Å²) in [4.78, 5) is 33.5. The van der Waals surface area contributed by atoms with Crippen LogP contribution in [0.3, 0.4) is 0 Å². The summed E-state index contributed by atoms with van der Waals surface area (Å²) in [5.74, 6) is -0.365. The fourth-order valence-corrected chi connectivity index (χ4v) is 3.30. The second kappa shape index (κ2) is 14.2. The van der Waals surface area contributed by atoms with Crippen LogP contribution in [0.2, 0.25) is 0 Å². The van der Waals surface area contributed by atoms with E-state index >= 15 is 0 Å². The van der Waals surface area contributed by atoms with Gasteiger partial charge in [0.05, 0.1) is 18.8 Å². The van der Waals surface area contributed by atoms with Gasteiger partial charge < -0.3 is 4.74 Å². The van der Waals surface area contributed by atoms with Crippen molar-refractivity contribution in [2.75, 3.05) is 13.2 Å². The molecule has 0 radical (unpaired) electrons. The van der Waals surface area contributed by atoms with Gasteiger partial charge in [0.1, 0.15) is 0 Å². The number of rotatable bonds is 14. The number of carbonyl (C=O) groups excluding carboxylic acids is 2. The minimum absolute atomic E-state index is 0.333. The van der Waals surface area contributed by atoms with Crippen LogP contribution in [0.1, 0.15) is 61.9 Å². The first-order valence-electron chi connectivity index (χ1n) is 11.4. The molecule has 0 amide bonds. The van der Waals surface area contributed by atoms with Crippen molar-refractivity contribution in [3.05, 3.63) is 72.3 Å². The Kier molecular flexibility index (Phi) is 11.2. The van der Waals surface area contributed by atoms with E-state index < -0.39 is 11.9 Å². The first-order valence-corrected chi connectivity index (χ1v) is 11.4. The summed E-state index contributed by atoms with van der Waals surface area (Å²) < 4.78 is 4.92. The molecule has 2 aromatic rings. The van der Waals surface area contributed by atoms with Gasteiger partial charge in [0.25, 0.3) is 0 Å². The molecule has 0 saturated heterocycles. The Labute approximate surface area is 191 Å². The lowest BCUT2D eigenvalue weighted by Crippen LogP contribution is -2.09. The van der Waals surface area contributed by atoms with Gasteiger partial charge in [-0.15, -0.1) is 0 Å². The molecular weight excluding hydrogens is 404 g/mol. The van der Waals surface area contributed by atoms with Crippen molar-refractivity contribution in [2.45, 2.75) is 52.4 Å². The first kappa shape index (κ1) is 25.3. The van der Waals surface area contributed by atoms with Crippen LogP contribution >= 0.6 is 0 Å². The van der Waals surface area contributed by atoms with E-state index in [1.54, 1.807) is 6.07 Å². The molecule has 0 heterocycles. The van der Waals surface area contributed by atoms with E-state index in [2.05, 4.69) is 32.6 Å². The van der Waals surface area contributed by atoms with E-state index in [4.69, 9.17) is 14.5 Å². The smallest absolute Gasteiger partial charge is 0.373 e. The third-order valence-electron chi connectivity index (χ3n) is 5.36. The van der Waals surface area contributed by atoms with Crippen LogP contribution in [0.15, 0.2) is 61.2 Å². The normalized spacial score (nSPS) is 11.6. The average Bonchev–Trinajstić information content (AvgIpc) is 2.83.